The molecule has 0 bridgehead atoms. The molecular formula is C23H34F2N5O13P. The van der Waals surface area contributed by atoms with E-state index in [9.17, 15) is 19.3 Å². The van der Waals surface area contributed by atoms with Crippen LogP contribution >= 0.6 is 7.82 Å². The van der Waals surface area contributed by atoms with Gasteiger partial charge in [0.25, 0.3) is 5.85 Å². The van der Waals surface area contributed by atoms with E-state index in [0.717, 1.165) is 17.8 Å². The summed E-state index contributed by atoms with van der Waals surface area (Å²) in [5.41, 5.74) is 3.11. The lowest BCUT2D eigenvalue weighted by molar-refractivity contribution is -0.195. The summed E-state index contributed by atoms with van der Waals surface area (Å²) in [6.07, 6.45) is -7.20. The number of phosphoric acid groups is 1. The zero-order valence-corrected chi connectivity index (χ0v) is 25.5. The molecule has 0 amide bonds. The highest BCUT2D eigenvalue weighted by Crippen LogP contribution is 2.54. The third kappa shape index (κ3) is 8.39. The minimum atomic E-state index is -5.01. The van der Waals surface area contributed by atoms with Crippen molar-refractivity contribution in [3.05, 3.63) is 6.33 Å². The second-order valence-corrected chi connectivity index (χ2v) is 11.5. The van der Waals surface area contributed by atoms with Crippen LogP contribution in [0.5, 0.6) is 5.88 Å². The SMILES string of the molecule is CCOc1nc(N)nc2c1ncn2C1O[C@](F)(COP(=O)(OCOC(=O)OC(C)C)OCOC(=O)OC(C)C)[C@@H](F)[C@@]1(C)O. The number of fused-ring (bicyclic) bond motifs is 1. The summed E-state index contributed by atoms with van der Waals surface area (Å²) >= 11 is 0. The summed E-state index contributed by atoms with van der Waals surface area (Å²) in [5, 5.41) is 11.0. The van der Waals surface area contributed by atoms with E-state index in [2.05, 4.69) is 24.4 Å². The lowest BCUT2D eigenvalue weighted by Gasteiger charge is -2.26. The molecule has 1 aliphatic heterocycles. The number of phosphoric ester groups is 1. The van der Waals surface area contributed by atoms with E-state index < -0.39 is 76.4 Å². The molecule has 1 aliphatic rings. The average Bonchev–Trinajstić information content (AvgIpc) is 3.39. The second kappa shape index (κ2) is 14.1. The predicted molar refractivity (Wildman–Crippen MR) is 141 cm³/mol. The van der Waals surface area contributed by atoms with Gasteiger partial charge in [0.15, 0.2) is 23.6 Å². The maximum absolute atomic E-state index is 16.0. The monoisotopic (exact) mass is 657 g/mol. The lowest BCUT2D eigenvalue weighted by Crippen LogP contribution is -2.46. The first-order chi connectivity index (χ1) is 20.5. The fourth-order valence-corrected chi connectivity index (χ4v) is 4.62. The van der Waals surface area contributed by atoms with Gasteiger partial charge in [0.2, 0.25) is 25.4 Å². The van der Waals surface area contributed by atoms with Gasteiger partial charge >= 0.3 is 20.1 Å². The molecule has 4 atom stereocenters. The number of halogens is 2. The van der Waals surface area contributed by atoms with Gasteiger partial charge in [-0.2, -0.15) is 9.97 Å². The Morgan fingerprint density at radius 2 is 1.68 bits per heavy atom. The van der Waals surface area contributed by atoms with Crippen LogP contribution < -0.4 is 10.5 Å². The largest absolute Gasteiger partial charge is 0.510 e. The van der Waals surface area contributed by atoms with Crippen molar-refractivity contribution in [1.82, 2.24) is 19.5 Å². The van der Waals surface area contributed by atoms with Gasteiger partial charge in [0.1, 0.15) is 12.2 Å². The van der Waals surface area contributed by atoms with Gasteiger partial charge in [-0.3, -0.25) is 9.09 Å². The highest BCUT2D eigenvalue weighted by molar-refractivity contribution is 7.48. The van der Waals surface area contributed by atoms with Gasteiger partial charge < -0.3 is 39.3 Å². The summed E-state index contributed by atoms with van der Waals surface area (Å²) in [6, 6.07) is 0. The van der Waals surface area contributed by atoms with E-state index in [0.29, 0.717) is 0 Å². The number of hydrogen-bond acceptors (Lipinski definition) is 17. The minimum absolute atomic E-state index is 0.0211. The van der Waals surface area contributed by atoms with E-state index in [1.165, 1.54) is 27.7 Å². The van der Waals surface area contributed by atoms with E-state index in [4.69, 9.17) is 38.3 Å². The smallest absolute Gasteiger partial charge is 0.476 e. The highest BCUT2D eigenvalue weighted by atomic mass is 31.2. The van der Waals surface area contributed by atoms with Crippen molar-refractivity contribution in [2.75, 3.05) is 32.5 Å². The van der Waals surface area contributed by atoms with Crippen molar-refractivity contribution in [2.45, 2.75) is 77.6 Å². The molecule has 3 heterocycles. The van der Waals surface area contributed by atoms with Crippen LogP contribution in [0.4, 0.5) is 24.3 Å². The topological polar surface area (TPSA) is 224 Å². The van der Waals surface area contributed by atoms with Crippen molar-refractivity contribution in [1.29, 1.82) is 0 Å². The number of aromatic nitrogens is 4. The van der Waals surface area contributed by atoms with Crippen LogP contribution in [-0.2, 0) is 41.8 Å². The zero-order chi connectivity index (χ0) is 32.9. The molecule has 0 spiro atoms. The van der Waals surface area contributed by atoms with Crippen LogP contribution in [0.2, 0.25) is 0 Å². The van der Waals surface area contributed by atoms with E-state index in [-0.39, 0.29) is 29.6 Å². The van der Waals surface area contributed by atoms with E-state index in [1.807, 2.05) is 0 Å². The van der Waals surface area contributed by atoms with Crippen LogP contribution in [0.3, 0.4) is 0 Å². The van der Waals surface area contributed by atoms with Crippen LogP contribution in [0.1, 0.15) is 47.8 Å². The number of nitrogens with zero attached hydrogens (tertiary/aromatic N) is 4. The summed E-state index contributed by atoms with van der Waals surface area (Å²) in [7, 11) is -5.01. The Kier molecular flexibility index (Phi) is 11.3. The third-order valence-electron chi connectivity index (χ3n) is 5.50. The Morgan fingerprint density at radius 1 is 1.11 bits per heavy atom. The van der Waals surface area contributed by atoms with Gasteiger partial charge in [0.05, 0.1) is 25.1 Å². The number of ether oxygens (including phenoxy) is 6. The molecule has 1 saturated heterocycles. The lowest BCUT2D eigenvalue weighted by atomic mass is 9.97. The molecule has 0 aliphatic carbocycles. The molecule has 0 radical (unpaired) electrons. The van der Waals surface area contributed by atoms with Gasteiger partial charge in [-0.05, 0) is 41.5 Å². The van der Waals surface area contributed by atoms with E-state index >= 15 is 8.78 Å². The number of hydrogen-bond donors (Lipinski definition) is 2. The summed E-state index contributed by atoms with van der Waals surface area (Å²) in [5.74, 6) is -3.78. The molecule has 1 unspecified atom stereocenters. The molecule has 44 heavy (non-hydrogen) atoms. The molecular weight excluding hydrogens is 623 g/mol. The number of nitrogen functional groups attached to an aromatic ring is 1. The molecule has 248 valence electrons. The van der Waals surface area contributed by atoms with Crippen LogP contribution in [-0.4, -0.2) is 93.6 Å². The molecule has 0 saturated carbocycles. The second-order valence-electron chi connectivity index (χ2n) is 9.83. The normalized spacial score (nSPS) is 23.7. The number of carbonyl (C=O) groups is 2. The molecule has 1 fully saturated rings. The van der Waals surface area contributed by atoms with Crippen molar-refractivity contribution in [3.8, 4) is 5.88 Å². The van der Waals surface area contributed by atoms with Gasteiger partial charge in [-0.25, -0.2) is 37.0 Å². The summed E-state index contributed by atoms with van der Waals surface area (Å²) < 4.78 is 89.6. The van der Waals surface area contributed by atoms with Crippen LogP contribution in [0, 0.1) is 0 Å². The van der Waals surface area contributed by atoms with Crippen molar-refractivity contribution >= 4 is 37.2 Å². The molecule has 21 heteroatoms. The van der Waals surface area contributed by atoms with Crippen molar-refractivity contribution < 1.29 is 70.0 Å². The maximum Gasteiger partial charge on any atom is 0.510 e. The first-order valence-electron chi connectivity index (χ1n) is 13.1. The molecule has 18 nitrogen and oxygen atoms in total. The number of rotatable bonds is 14. The number of aliphatic hydroxyl groups is 1. The highest BCUT2D eigenvalue weighted by Gasteiger charge is 2.65. The number of nitrogens with two attached hydrogens (primary N) is 1. The van der Waals surface area contributed by atoms with Crippen LogP contribution in [0.15, 0.2) is 6.33 Å². The minimum Gasteiger partial charge on any atom is -0.476 e. The maximum atomic E-state index is 16.0. The van der Waals surface area contributed by atoms with E-state index in [1.54, 1.807) is 6.92 Å². The fourth-order valence-electron chi connectivity index (χ4n) is 3.70. The Labute approximate surface area is 249 Å². The van der Waals surface area contributed by atoms with Crippen molar-refractivity contribution in [3.63, 3.8) is 0 Å². The quantitative estimate of drug-likeness (QED) is 0.169. The Hall–Kier alpha value is -3.42. The molecule has 3 rings (SSSR count). The molecule has 3 N–H and O–H groups in total. The molecule has 2 aromatic rings. The zero-order valence-electron chi connectivity index (χ0n) is 24.6. The Balaban J connectivity index is 1.80. The summed E-state index contributed by atoms with van der Waals surface area (Å²) in [6.45, 7) is 5.16. The number of anilines is 1. The molecule has 0 aromatic carbocycles. The van der Waals surface area contributed by atoms with Gasteiger partial charge in [-0.1, -0.05) is 0 Å². The molecule has 2 aromatic heterocycles. The number of alkyl halides is 2. The average molecular weight is 658 g/mol. The number of carbonyl (C=O) groups excluding carboxylic acids is 2. The van der Waals surface area contributed by atoms with Crippen molar-refractivity contribution in [2.24, 2.45) is 0 Å². The summed E-state index contributed by atoms with van der Waals surface area (Å²) in [4.78, 5) is 35.3. The predicted octanol–water partition coefficient (Wildman–Crippen LogP) is 3.29. The standard InChI is InChI=1S/C23H34F2N5O13P/c1-7-35-16-14-15(28-19(26)29-16)30(9-27-14)18-22(6,33)17(24)23(25,43-18)8-38-44(34,39-10-36-20(31)41-12(2)3)40-11-37-21(32)42-13(4)5/h9,12-13,17-18,33H,7-8,10-11H2,1-6H3,(H2,26,28,29)/t17-,18?,22+,23+/m0/s1. The first-order valence-corrected chi connectivity index (χ1v) is 14.5. The van der Waals surface area contributed by atoms with Gasteiger partial charge in [-0.15, -0.1) is 0 Å². The Bertz CT molecular complexity index is 1330. The van der Waals surface area contributed by atoms with Gasteiger partial charge in [0, 0.05) is 0 Å². The third-order valence-corrected chi connectivity index (χ3v) is 6.79. The van der Waals surface area contributed by atoms with Crippen LogP contribution in [0.25, 0.3) is 11.2 Å². The Morgan fingerprint density at radius 3 is 2.20 bits per heavy atom. The number of imidazole rings is 1. The fraction of sp³-hybridized carbons (Fsp3) is 0.696. The first kappa shape index (κ1) is 35.1.